The number of nitrogens with zero attached hydrogens (tertiary/aromatic N) is 2. The van der Waals surface area contributed by atoms with Crippen molar-refractivity contribution in [1.29, 1.82) is 0 Å². The first-order chi connectivity index (χ1) is 10.3. The van der Waals surface area contributed by atoms with Gasteiger partial charge >= 0.3 is 0 Å². The molecule has 0 amide bonds. The van der Waals surface area contributed by atoms with Crippen LogP contribution in [0.4, 0.5) is 0 Å². The lowest BCUT2D eigenvalue weighted by Gasteiger charge is -2.05. The van der Waals surface area contributed by atoms with E-state index in [0.29, 0.717) is 0 Å². The van der Waals surface area contributed by atoms with E-state index in [1.54, 1.807) is 0 Å². The third kappa shape index (κ3) is 9.33. The van der Waals surface area contributed by atoms with Crippen LogP contribution in [0.25, 0.3) is 0 Å². The van der Waals surface area contributed by atoms with Gasteiger partial charge in [0.1, 0.15) is 5.69 Å². The van der Waals surface area contributed by atoms with E-state index in [-0.39, 0.29) is 0 Å². The number of nitrogens with one attached hydrogen (secondary N) is 3. The van der Waals surface area contributed by atoms with Crippen LogP contribution in [0.1, 0.15) is 36.9 Å². The Morgan fingerprint density at radius 1 is 1.14 bits per heavy atom. The summed E-state index contributed by atoms with van der Waals surface area (Å²) in [5.74, 6) is 0. The summed E-state index contributed by atoms with van der Waals surface area (Å²) in [6.45, 7) is 7.89. The summed E-state index contributed by atoms with van der Waals surface area (Å²) < 4.78 is 0. The Hall–Kier alpha value is -1.24. The van der Waals surface area contributed by atoms with Gasteiger partial charge < -0.3 is 16.4 Å². The largest absolute Gasteiger partial charge is 0.330 e. The van der Waals surface area contributed by atoms with Crippen LogP contribution in [0.2, 0.25) is 0 Å². The molecule has 0 aliphatic rings. The average molecular weight is 294 g/mol. The second-order valence-electron chi connectivity index (χ2n) is 5.19. The van der Waals surface area contributed by atoms with E-state index in [9.17, 15) is 0 Å². The number of aromatic amines is 1. The molecule has 0 atom stereocenters. The van der Waals surface area contributed by atoms with Crippen molar-refractivity contribution in [2.75, 3.05) is 39.3 Å². The normalized spacial score (nSPS) is 11.5. The lowest BCUT2D eigenvalue weighted by molar-refractivity contribution is 0.570. The van der Waals surface area contributed by atoms with Crippen LogP contribution in [0.15, 0.2) is 11.2 Å². The number of unbranched alkanes of at least 4 members (excludes halogenated alkanes) is 1. The molecule has 1 aromatic heterocycles. The van der Waals surface area contributed by atoms with Crippen LogP contribution in [0, 0.1) is 6.92 Å². The van der Waals surface area contributed by atoms with Crippen LogP contribution >= 0.6 is 0 Å². The SMILES string of the molecule is Cc1c[nH]nc1/C=N/CCCNCCCCNCCCN. The maximum Gasteiger partial charge on any atom is 0.105 e. The van der Waals surface area contributed by atoms with Crippen LogP contribution < -0.4 is 16.4 Å². The fraction of sp³-hybridized carbons (Fsp3) is 0.733. The number of aromatic nitrogens is 2. The van der Waals surface area contributed by atoms with E-state index in [1.807, 2.05) is 19.3 Å². The molecule has 0 aliphatic heterocycles. The van der Waals surface area contributed by atoms with Gasteiger partial charge in [0.25, 0.3) is 0 Å². The quantitative estimate of drug-likeness (QED) is 0.320. The van der Waals surface area contributed by atoms with Gasteiger partial charge in [-0.05, 0) is 70.9 Å². The molecule has 0 bridgehead atoms. The summed E-state index contributed by atoms with van der Waals surface area (Å²) in [5, 5.41) is 13.8. The highest BCUT2D eigenvalue weighted by Crippen LogP contribution is 1.97. The van der Waals surface area contributed by atoms with Crippen LogP contribution in [-0.4, -0.2) is 55.7 Å². The minimum atomic E-state index is 0.775. The summed E-state index contributed by atoms with van der Waals surface area (Å²) >= 11 is 0. The highest BCUT2D eigenvalue weighted by atomic mass is 15.1. The van der Waals surface area contributed by atoms with Gasteiger partial charge in [0.15, 0.2) is 0 Å². The lowest BCUT2D eigenvalue weighted by atomic mass is 10.3. The predicted molar refractivity (Wildman–Crippen MR) is 89.0 cm³/mol. The van der Waals surface area contributed by atoms with Crippen molar-refractivity contribution in [3.8, 4) is 0 Å². The molecule has 0 unspecified atom stereocenters. The summed E-state index contributed by atoms with van der Waals surface area (Å²) in [4.78, 5) is 4.38. The summed E-state index contributed by atoms with van der Waals surface area (Å²) in [6.07, 6.45) is 8.29. The maximum absolute atomic E-state index is 5.43. The molecule has 1 heterocycles. The highest BCUT2D eigenvalue weighted by Gasteiger charge is 1.95. The Bertz CT molecular complexity index is 374. The van der Waals surface area contributed by atoms with Crippen LogP contribution in [0.3, 0.4) is 0 Å². The molecule has 0 spiro atoms. The minimum Gasteiger partial charge on any atom is -0.330 e. The molecule has 5 N–H and O–H groups in total. The van der Waals surface area contributed by atoms with Crippen LogP contribution in [0.5, 0.6) is 0 Å². The van der Waals surface area contributed by atoms with Gasteiger partial charge in [-0.25, -0.2) is 0 Å². The van der Waals surface area contributed by atoms with Crippen molar-refractivity contribution < 1.29 is 0 Å². The van der Waals surface area contributed by atoms with Gasteiger partial charge in [0.2, 0.25) is 0 Å². The molecule has 0 saturated heterocycles. The first kappa shape index (κ1) is 17.8. The van der Waals surface area contributed by atoms with Crippen molar-refractivity contribution in [2.24, 2.45) is 10.7 Å². The number of hydrogen-bond acceptors (Lipinski definition) is 5. The average Bonchev–Trinajstić information content (AvgIpc) is 2.89. The first-order valence-corrected chi connectivity index (χ1v) is 7.96. The third-order valence-electron chi connectivity index (χ3n) is 3.24. The molecular weight excluding hydrogens is 264 g/mol. The number of nitrogens with two attached hydrogens (primary N) is 1. The molecule has 1 aromatic rings. The Balaban J connectivity index is 1.83. The Morgan fingerprint density at radius 2 is 1.81 bits per heavy atom. The van der Waals surface area contributed by atoms with E-state index in [4.69, 9.17) is 5.73 Å². The van der Waals surface area contributed by atoms with E-state index in [0.717, 1.165) is 63.4 Å². The van der Waals surface area contributed by atoms with Crippen molar-refractivity contribution in [1.82, 2.24) is 20.8 Å². The molecule has 0 radical (unpaired) electrons. The molecule has 0 fully saturated rings. The zero-order valence-corrected chi connectivity index (χ0v) is 13.2. The molecule has 120 valence electrons. The smallest absolute Gasteiger partial charge is 0.105 e. The summed E-state index contributed by atoms with van der Waals surface area (Å²) in [5.41, 5.74) is 7.50. The molecule has 0 aromatic carbocycles. The van der Waals surface area contributed by atoms with Crippen LogP contribution in [-0.2, 0) is 0 Å². The molecule has 21 heavy (non-hydrogen) atoms. The summed E-state index contributed by atoms with van der Waals surface area (Å²) in [6, 6.07) is 0. The van der Waals surface area contributed by atoms with Gasteiger partial charge in [-0.3, -0.25) is 10.1 Å². The van der Waals surface area contributed by atoms with Gasteiger partial charge in [0, 0.05) is 19.0 Å². The molecule has 0 saturated carbocycles. The van der Waals surface area contributed by atoms with Gasteiger partial charge in [-0.15, -0.1) is 0 Å². The zero-order chi connectivity index (χ0) is 15.2. The number of hydrogen-bond donors (Lipinski definition) is 4. The second kappa shape index (κ2) is 12.5. The van der Waals surface area contributed by atoms with Gasteiger partial charge in [-0.2, -0.15) is 5.10 Å². The molecule has 1 rings (SSSR count). The first-order valence-electron chi connectivity index (χ1n) is 7.96. The maximum atomic E-state index is 5.43. The predicted octanol–water partition coefficient (Wildman–Crippen LogP) is 0.835. The third-order valence-corrected chi connectivity index (χ3v) is 3.24. The fourth-order valence-electron chi connectivity index (χ4n) is 1.91. The Kier molecular flexibility index (Phi) is 10.6. The lowest BCUT2D eigenvalue weighted by Crippen LogP contribution is -2.21. The standard InChI is InChI=1S/C15H30N6/c1-14-12-20-21-15(14)13-19-11-5-10-18-8-3-2-7-17-9-4-6-16/h12-13,17-18H,2-11,16H2,1H3,(H,20,21)/b19-13+. The van der Waals surface area contributed by atoms with Crippen molar-refractivity contribution in [2.45, 2.75) is 32.6 Å². The number of aryl methyl sites for hydroxylation is 1. The van der Waals surface area contributed by atoms with E-state index in [1.165, 1.54) is 12.8 Å². The number of rotatable bonds is 13. The molecule has 6 nitrogen and oxygen atoms in total. The number of aliphatic imine (C=N–C) groups is 1. The zero-order valence-electron chi connectivity index (χ0n) is 13.2. The van der Waals surface area contributed by atoms with E-state index in [2.05, 4.69) is 25.8 Å². The fourth-order valence-corrected chi connectivity index (χ4v) is 1.91. The molecular formula is C15H30N6. The summed E-state index contributed by atoms with van der Waals surface area (Å²) in [7, 11) is 0. The van der Waals surface area contributed by atoms with Crippen molar-refractivity contribution >= 4 is 6.21 Å². The van der Waals surface area contributed by atoms with Gasteiger partial charge in [0.05, 0.1) is 0 Å². The minimum absolute atomic E-state index is 0.775. The van der Waals surface area contributed by atoms with E-state index < -0.39 is 0 Å². The Labute approximate surface area is 128 Å². The van der Waals surface area contributed by atoms with Gasteiger partial charge in [-0.1, -0.05) is 0 Å². The Morgan fingerprint density at radius 3 is 2.43 bits per heavy atom. The topological polar surface area (TPSA) is 91.1 Å². The van der Waals surface area contributed by atoms with Crippen molar-refractivity contribution in [3.05, 3.63) is 17.5 Å². The molecule has 0 aliphatic carbocycles. The number of H-pyrrole nitrogens is 1. The molecule has 6 heteroatoms. The van der Waals surface area contributed by atoms with E-state index >= 15 is 0 Å². The van der Waals surface area contributed by atoms with Crippen molar-refractivity contribution in [3.63, 3.8) is 0 Å². The highest BCUT2D eigenvalue weighted by molar-refractivity contribution is 5.78. The monoisotopic (exact) mass is 294 g/mol. The second-order valence-corrected chi connectivity index (χ2v) is 5.19.